The van der Waals surface area contributed by atoms with Crippen molar-refractivity contribution in [1.29, 1.82) is 0 Å². The summed E-state index contributed by atoms with van der Waals surface area (Å²) in [7, 11) is 0. The van der Waals surface area contributed by atoms with E-state index in [1.165, 1.54) is 11.1 Å². The Bertz CT molecular complexity index is 471. The smallest absolute Gasteiger partial charge is 0.221 e. The Balaban J connectivity index is 2.38. The molecule has 1 heterocycles. The van der Waals surface area contributed by atoms with Gasteiger partial charge in [0.15, 0.2) is 0 Å². The number of halogens is 1. The highest BCUT2D eigenvalue weighted by atomic mass is 79.9. The summed E-state index contributed by atoms with van der Waals surface area (Å²) in [4.78, 5) is 13.7. The zero-order chi connectivity index (χ0) is 13.3. The van der Waals surface area contributed by atoms with Crippen LogP contribution >= 0.6 is 15.9 Å². The van der Waals surface area contributed by atoms with Gasteiger partial charge in [-0.05, 0) is 43.5 Å². The average molecular weight is 311 g/mol. The summed E-state index contributed by atoms with van der Waals surface area (Å²) in [5, 5.41) is 2.93. The summed E-state index contributed by atoms with van der Waals surface area (Å²) in [5.41, 5.74) is 3.53. The zero-order valence-electron chi connectivity index (χ0n) is 11.1. The molecule has 2 rings (SSSR count). The molecular weight excluding hydrogens is 292 g/mol. The van der Waals surface area contributed by atoms with Gasteiger partial charge in [0, 0.05) is 36.2 Å². The lowest BCUT2D eigenvalue weighted by molar-refractivity contribution is -0.114. The largest absolute Gasteiger partial charge is 0.326 e. The molecule has 0 fully saturated rings. The fraction of sp³-hybridized carbons (Fsp3) is 0.500. The molecule has 0 bridgehead atoms. The van der Waals surface area contributed by atoms with E-state index >= 15 is 0 Å². The van der Waals surface area contributed by atoms with Crippen molar-refractivity contribution in [3.05, 3.63) is 27.7 Å². The number of amides is 1. The number of fused-ring (bicyclic) bond motifs is 1. The molecule has 0 unspecified atom stereocenters. The molecule has 98 valence electrons. The molecule has 18 heavy (non-hydrogen) atoms. The third-order valence-electron chi connectivity index (χ3n) is 3.43. The van der Waals surface area contributed by atoms with Crippen LogP contribution in [0.1, 0.15) is 31.9 Å². The van der Waals surface area contributed by atoms with Gasteiger partial charge in [0.05, 0.1) is 0 Å². The van der Waals surface area contributed by atoms with Crippen molar-refractivity contribution in [2.45, 2.75) is 39.8 Å². The summed E-state index contributed by atoms with van der Waals surface area (Å²) in [6, 6.07) is 4.53. The Morgan fingerprint density at radius 1 is 1.39 bits per heavy atom. The zero-order valence-corrected chi connectivity index (χ0v) is 12.7. The molecule has 0 saturated heterocycles. The van der Waals surface area contributed by atoms with Crippen LogP contribution in [0.2, 0.25) is 0 Å². The minimum absolute atomic E-state index is 0.0128. The maximum atomic E-state index is 11.3. The van der Waals surface area contributed by atoms with Gasteiger partial charge in [-0.3, -0.25) is 9.69 Å². The van der Waals surface area contributed by atoms with Crippen molar-refractivity contribution >= 4 is 27.5 Å². The van der Waals surface area contributed by atoms with E-state index in [1.54, 1.807) is 6.92 Å². The Labute approximate surface area is 117 Å². The number of rotatable bonds is 2. The fourth-order valence-electron chi connectivity index (χ4n) is 2.40. The predicted molar refractivity (Wildman–Crippen MR) is 77.7 cm³/mol. The van der Waals surface area contributed by atoms with E-state index in [0.717, 1.165) is 29.7 Å². The summed E-state index contributed by atoms with van der Waals surface area (Å²) < 4.78 is 1.15. The summed E-state index contributed by atoms with van der Waals surface area (Å²) in [5.74, 6) is -0.0128. The van der Waals surface area contributed by atoms with Crippen molar-refractivity contribution < 1.29 is 4.79 Å². The van der Waals surface area contributed by atoms with E-state index in [1.807, 2.05) is 12.1 Å². The van der Waals surface area contributed by atoms with Gasteiger partial charge in [-0.2, -0.15) is 0 Å². The first-order valence-corrected chi connectivity index (χ1v) is 7.10. The number of carbonyl (C=O) groups excluding carboxylic acids is 1. The van der Waals surface area contributed by atoms with Crippen LogP contribution in [0.4, 0.5) is 5.69 Å². The van der Waals surface area contributed by atoms with Gasteiger partial charge in [0.2, 0.25) is 5.91 Å². The second kappa shape index (κ2) is 5.41. The molecule has 1 aromatic carbocycles. The van der Waals surface area contributed by atoms with E-state index in [-0.39, 0.29) is 5.91 Å². The molecule has 1 N–H and O–H groups in total. The number of hydrogen-bond donors (Lipinski definition) is 1. The van der Waals surface area contributed by atoms with E-state index in [2.05, 4.69) is 40.0 Å². The van der Waals surface area contributed by atoms with E-state index in [9.17, 15) is 4.79 Å². The number of carbonyl (C=O) groups is 1. The second-order valence-corrected chi connectivity index (χ2v) is 5.90. The van der Waals surface area contributed by atoms with Crippen molar-refractivity contribution in [3.63, 3.8) is 0 Å². The molecule has 0 aliphatic carbocycles. The van der Waals surface area contributed by atoms with Crippen molar-refractivity contribution in [1.82, 2.24) is 4.90 Å². The summed E-state index contributed by atoms with van der Waals surface area (Å²) in [6.45, 7) is 7.95. The monoisotopic (exact) mass is 310 g/mol. The molecule has 0 atom stereocenters. The van der Waals surface area contributed by atoms with Gasteiger partial charge >= 0.3 is 0 Å². The van der Waals surface area contributed by atoms with Crippen LogP contribution < -0.4 is 5.32 Å². The number of nitrogens with zero attached hydrogens (tertiary/aromatic N) is 1. The molecule has 4 heteroatoms. The normalized spacial score (nSPS) is 15.6. The van der Waals surface area contributed by atoms with Gasteiger partial charge in [-0.15, -0.1) is 0 Å². The summed E-state index contributed by atoms with van der Waals surface area (Å²) in [6.07, 6.45) is 1.03. The van der Waals surface area contributed by atoms with E-state index < -0.39 is 0 Å². The van der Waals surface area contributed by atoms with Crippen molar-refractivity contribution in [2.24, 2.45) is 0 Å². The Kier molecular flexibility index (Phi) is 4.07. The van der Waals surface area contributed by atoms with E-state index in [0.29, 0.717) is 6.04 Å². The van der Waals surface area contributed by atoms with Crippen LogP contribution in [0.15, 0.2) is 16.6 Å². The standard InChI is InChI=1S/C14H19BrN2O/c1-9(2)17-7-6-11-12(8-17)14(16-10(3)18)5-4-13(11)15/h4-5,9H,6-8H2,1-3H3,(H,16,18). The fourth-order valence-corrected chi connectivity index (χ4v) is 2.97. The number of hydrogen-bond acceptors (Lipinski definition) is 2. The van der Waals surface area contributed by atoms with Crippen LogP contribution in [0.5, 0.6) is 0 Å². The highest BCUT2D eigenvalue weighted by Gasteiger charge is 2.22. The number of benzene rings is 1. The molecule has 3 nitrogen and oxygen atoms in total. The van der Waals surface area contributed by atoms with Crippen LogP contribution in [0, 0.1) is 0 Å². The molecule has 1 amide bonds. The third kappa shape index (κ3) is 2.75. The summed E-state index contributed by atoms with van der Waals surface area (Å²) >= 11 is 3.61. The Morgan fingerprint density at radius 2 is 2.11 bits per heavy atom. The van der Waals surface area contributed by atoms with Gasteiger partial charge < -0.3 is 5.32 Å². The lowest BCUT2D eigenvalue weighted by atomic mass is 9.97. The molecule has 0 spiro atoms. The third-order valence-corrected chi connectivity index (χ3v) is 4.17. The van der Waals surface area contributed by atoms with Gasteiger partial charge in [-0.1, -0.05) is 15.9 Å². The Hall–Kier alpha value is -0.870. The molecule has 0 radical (unpaired) electrons. The highest BCUT2D eigenvalue weighted by molar-refractivity contribution is 9.10. The van der Waals surface area contributed by atoms with Crippen LogP contribution in [0.3, 0.4) is 0 Å². The average Bonchev–Trinajstić information content (AvgIpc) is 2.32. The highest BCUT2D eigenvalue weighted by Crippen LogP contribution is 2.32. The molecule has 0 aromatic heterocycles. The first-order chi connectivity index (χ1) is 8.49. The van der Waals surface area contributed by atoms with Crippen LogP contribution in [-0.2, 0) is 17.8 Å². The quantitative estimate of drug-likeness (QED) is 0.910. The topological polar surface area (TPSA) is 32.3 Å². The lowest BCUT2D eigenvalue weighted by Gasteiger charge is -2.33. The SMILES string of the molecule is CC(=O)Nc1ccc(Br)c2c1CN(C(C)C)CC2. The van der Waals surface area contributed by atoms with Crippen LogP contribution in [-0.4, -0.2) is 23.4 Å². The molecule has 0 saturated carbocycles. The van der Waals surface area contributed by atoms with E-state index in [4.69, 9.17) is 0 Å². The van der Waals surface area contributed by atoms with Gasteiger partial charge in [0.1, 0.15) is 0 Å². The molecule has 1 aliphatic heterocycles. The maximum Gasteiger partial charge on any atom is 0.221 e. The maximum absolute atomic E-state index is 11.3. The minimum Gasteiger partial charge on any atom is -0.326 e. The van der Waals surface area contributed by atoms with Crippen molar-refractivity contribution in [3.8, 4) is 0 Å². The van der Waals surface area contributed by atoms with Gasteiger partial charge in [0.25, 0.3) is 0 Å². The minimum atomic E-state index is -0.0128. The molecular formula is C14H19BrN2O. The second-order valence-electron chi connectivity index (χ2n) is 5.05. The van der Waals surface area contributed by atoms with Crippen LogP contribution in [0.25, 0.3) is 0 Å². The first kappa shape index (κ1) is 13.6. The molecule has 1 aliphatic rings. The first-order valence-electron chi connectivity index (χ1n) is 6.31. The number of nitrogens with one attached hydrogen (secondary N) is 1. The van der Waals surface area contributed by atoms with Gasteiger partial charge in [-0.25, -0.2) is 0 Å². The lowest BCUT2D eigenvalue weighted by Crippen LogP contribution is -2.36. The molecule has 1 aromatic rings. The number of anilines is 1. The Morgan fingerprint density at radius 3 is 2.72 bits per heavy atom. The predicted octanol–water partition coefficient (Wildman–Crippen LogP) is 3.17. The van der Waals surface area contributed by atoms with Crippen molar-refractivity contribution in [2.75, 3.05) is 11.9 Å².